The number of halogens is 1. The highest BCUT2D eigenvalue weighted by Gasteiger charge is 2.18. The Kier molecular flexibility index (Phi) is 3.75. The third-order valence-electron chi connectivity index (χ3n) is 2.36. The summed E-state index contributed by atoms with van der Waals surface area (Å²) in [4.78, 5) is 16.5. The fourth-order valence-electron chi connectivity index (χ4n) is 1.56. The van der Waals surface area contributed by atoms with E-state index in [2.05, 4.69) is 4.98 Å². The monoisotopic (exact) mass is 282 g/mol. The lowest BCUT2D eigenvalue weighted by Gasteiger charge is -2.03. The maximum absolute atomic E-state index is 12.0. The molecule has 4 nitrogen and oxygen atoms in total. The molecule has 0 aromatic carbocycles. The zero-order chi connectivity index (χ0) is 13.3. The molecule has 0 saturated carbocycles. The molecule has 0 aliphatic carbocycles. The number of hydrogen-bond acceptors (Lipinski definition) is 5. The minimum absolute atomic E-state index is 0.0498. The number of rotatable bonds is 4. The molecule has 2 aromatic heterocycles. The molecular formula is C12H11ClN2O2S. The van der Waals surface area contributed by atoms with Gasteiger partial charge in [0.1, 0.15) is 0 Å². The number of fused-ring (bicyclic) bond motifs is 1. The number of aliphatic hydroxyl groups is 1. The molecule has 18 heavy (non-hydrogen) atoms. The Labute approximate surface area is 113 Å². The number of ketones is 1. The number of carbonyl (C=O) groups is 1. The number of thiophene rings is 1. The van der Waals surface area contributed by atoms with Crippen LogP contribution in [-0.2, 0) is 0 Å². The summed E-state index contributed by atoms with van der Waals surface area (Å²) in [5.74, 6) is -0.380. The minimum atomic E-state index is -0.697. The number of pyridine rings is 1. The lowest BCUT2D eigenvalue weighted by atomic mass is 10.1. The number of carbonyl (C=O) groups excluding carboxylic acids is 1. The SMILES string of the molecule is C[C@@H](O)CC(=N)C(=O)c1cc2nccc(Cl)c2s1. The van der Waals surface area contributed by atoms with Gasteiger partial charge in [0.25, 0.3) is 0 Å². The first-order valence-electron chi connectivity index (χ1n) is 5.33. The van der Waals surface area contributed by atoms with E-state index in [4.69, 9.17) is 17.0 Å². The van der Waals surface area contributed by atoms with Crippen LogP contribution in [0.2, 0.25) is 5.02 Å². The molecule has 2 aromatic rings. The van der Waals surface area contributed by atoms with Gasteiger partial charge < -0.3 is 10.5 Å². The van der Waals surface area contributed by atoms with Gasteiger partial charge in [0, 0.05) is 12.6 Å². The summed E-state index contributed by atoms with van der Waals surface area (Å²) >= 11 is 7.23. The Hall–Kier alpha value is -1.30. The standard InChI is InChI=1S/C12H11ClN2O2S/c1-6(16)4-8(14)11(17)10-5-9-12(18-10)7(13)2-3-15-9/h2-3,5-6,14,16H,4H2,1H3/t6-/m1/s1. The predicted octanol–water partition coefficient (Wildman–Crippen LogP) is 2.92. The molecular weight excluding hydrogens is 272 g/mol. The fraction of sp³-hybridized carbons (Fsp3) is 0.250. The summed E-state index contributed by atoms with van der Waals surface area (Å²) < 4.78 is 0.743. The summed E-state index contributed by atoms with van der Waals surface area (Å²) in [6.07, 6.45) is 0.929. The maximum Gasteiger partial charge on any atom is 0.216 e. The van der Waals surface area contributed by atoms with Gasteiger partial charge in [0.15, 0.2) is 0 Å². The minimum Gasteiger partial charge on any atom is -0.393 e. The zero-order valence-electron chi connectivity index (χ0n) is 9.61. The van der Waals surface area contributed by atoms with E-state index in [9.17, 15) is 9.90 Å². The van der Waals surface area contributed by atoms with Crippen LogP contribution in [-0.4, -0.2) is 27.7 Å². The molecule has 0 spiro atoms. The van der Waals surface area contributed by atoms with Gasteiger partial charge in [-0.3, -0.25) is 9.78 Å². The fourth-order valence-corrected chi connectivity index (χ4v) is 2.81. The molecule has 0 saturated heterocycles. The second kappa shape index (κ2) is 5.14. The van der Waals surface area contributed by atoms with E-state index in [-0.39, 0.29) is 17.9 Å². The highest BCUT2D eigenvalue weighted by atomic mass is 35.5. The molecule has 0 fully saturated rings. The third kappa shape index (κ3) is 2.58. The van der Waals surface area contributed by atoms with Crippen LogP contribution < -0.4 is 0 Å². The van der Waals surface area contributed by atoms with Crippen LogP contribution in [0.5, 0.6) is 0 Å². The quantitative estimate of drug-likeness (QED) is 0.669. The van der Waals surface area contributed by atoms with E-state index in [0.29, 0.717) is 15.4 Å². The second-order valence-electron chi connectivity index (χ2n) is 3.98. The van der Waals surface area contributed by atoms with E-state index in [0.717, 1.165) is 4.70 Å². The molecule has 0 unspecified atom stereocenters. The summed E-state index contributed by atoms with van der Waals surface area (Å²) in [5, 5.41) is 17.4. The number of aliphatic hydroxyl groups excluding tert-OH is 1. The van der Waals surface area contributed by atoms with Gasteiger partial charge in [0.2, 0.25) is 5.78 Å². The second-order valence-corrected chi connectivity index (χ2v) is 5.44. The number of Topliss-reactive ketones (excluding diaryl/α,β-unsaturated/α-hetero) is 1. The van der Waals surface area contributed by atoms with Crippen molar-refractivity contribution in [2.45, 2.75) is 19.4 Å². The van der Waals surface area contributed by atoms with Gasteiger partial charge in [-0.1, -0.05) is 11.6 Å². The van der Waals surface area contributed by atoms with Crippen molar-refractivity contribution in [3.8, 4) is 0 Å². The Balaban J connectivity index is 2.34. The molecule has 0 radical (unpaired) electrons. The molecule has 2 heterocycles. The van der Waals surface area contributed by atoms with Gasteiger partial charge in [-0.2, -0.15) is 0 Å². The Morgan fingerprint density at radius 2 is 2.39 bits per heavy atom. The van der Waals surface area contributed by atoms with Crippen LogP contribution in [0.25, 0.3) is 10.2 Å². The van der Waals surface area contributed by atoms with E-state index >= 15 is 0 Å². The molecule has 2 N–H and O–H groups in total. The Morgan fingerprint density at radius 3 is 3.00 bits per heavy atom. The van der Waals surface area contributed by atoms with E-state index in [1.165, 1.54) is 11.3 Å². The van der Waals surface area contributed by atoms with E-state index in [1.54, 1.807) is 25.3 Å². The average molecular weight is 283 g/mol. The van der Waals surface area contributed by atoms with Crippen molar-refractivity contribution in [2.75, 3.05) is 0 Å². The van der Waals surface area contributed by atoms with Gasteiger partial charge in [-0.15, -0.1) is 11.3 Å². The van der Waals surface area contributed by atoms with Crippen LogP contribution >= 0.6 is 22.9 Å². The van der Waals surface area contributed by atoms with Crippen LogP contribution in [0, 0.1) is 5.41 Å². The predicted molar refractivity (Wildman–Crippen MR) is 73.0 cm³/mol. The normalized spacial score (nSPS) is 12.6. The van der Waals surface area contributed by atoms with Crippen molar-refractivity contribution in [3.63, 3.8) is 0 Å². The van der Waals surface area contributed by atoms with Crippen molar-refractivity contribution in [3.05, 3.63) is 28.2 Å². The van der Waals surface area contributed by atoms with Crippen molar-refractivity contribution in [2.24, 2.45) is 0 Å². The molecule has 0 aliphatic heterocycles. The summed E-state index contributed by atoms with van der Waals surface area (Å²) in [7, 11) is 0. The van der Waals surface area contributed by atoms with E-state index < -0.39 is 6.10 Å². The van der Waals surface area contributed by atoms with Crippen LogP contribution in [0.15, 0.2) is 18.3 Å². The smallest absolute Gasteiger partial charge is 0.216 e. The zero-order valence-corrected chi connectivity index (χ0v) is 11.2. The van der Waals surface area contributed by atoms with E-state index in [1.807, 2.05) is 0 Å². The van der Waals surface area contributed by atoms with Crippen LogP contribution in [0.1, 0.15) is 23.0 Å². The largest absolute Gasteiger partial charge is 0.393 e. The molecule has 0 bridgehead atoms. The number of hydrogen-bond donors (Lipinski definition) is 2. The number of aromatic nitrogens is 1. The Bertz CT molecular complexity index is 622. The lowest BCUT2D eigenvalue weighted by Crippen LogP contribution is -2.17. The first-order chi connectivity index (χ1) is 8.49. The molecule has 2 rings (SSSR count). The van der Waals surface area contributed by atoms with Crippen LogP contribution in [0.3, 0.4) is 0 Å². The first-order valence-corrected chi connectivity index (χ1v) is 6.52. The van der Waals surface area contributed by atoms with Gasteiger partial charge >= 0.3 is 0 Å². The third-order valence-corrected chi connectivity index (χ3v) is 3.94. The van der Waals surface area contributed by atoms with Crippen molar-refractivity contribution in [1.82, 2.24) is 4.98 Å². The summed E-state index contributed by atoms with van der Waals surface area (Å²) in [5.41, 5.74) is 0.549. The summed E-state index contributed by atoms with van der Waals surface area (Å²) in [6.45, 7) is 1.55. The van der Waals surface area contributed by atoms with Crippen molar-refractivity contribution in [1.29, 1.82) is 5.41 Å². The van der Waals surface area contributed by atoms with Gasteiger partial charge in [-0.05, 0) is 19.1 Å². The number of nitrogens with one attached hydrogen (secondary N) is 1. The van der Waals surface area contributed by atoms with Crippen molar-refractivity contribution < 1.29 is 9.90 Å². The highest BCUT2D eigenvalue weighted by molar-refractivity contribution is 7.22. The molecule has 6 heteroatoms. The number of nitrogens with zero attached hydrogens (tertiary/aromatic N) is 1. The molecule has 94 valence electrons. The topological polar surface area (TPSA) is 74.0 Å². The first kappa shape index (κ1) is 13.1. The molecule has 0 amide bonds. The average Bonchev–Trinajstić information content (AvgIpc) is 2.72. The summed E-state index contributed by atoms with van der Waals surface area (Å²) in [6, 6.07) is 3.29. The molecule has 0 aliphatic rings. The van der Waals surface area contributed by atoms with Crippen molar-refractivity contribution >= 4 is 44.6 Å². The van der Waals surface area contributed by atoms with Crippen LogP contribution in [0.4, 0.5) is 0 Å². The highest BCUT2D eigenvalue weighted by Crippen LogP contribution is 2.30. The molecule has 1 atom stereocenters. The lowest BCUT2D eigenvalue weighted by molar-refractivity contribution is 0.106. The van der Waals surface area contributed by atoms with Gasteiger partial charge in [0.05, 0.1) is 31.9 Å². The Morgan fingerprint density at radius 1 is 1.67 bits per heavy atom. The maximum atomic E-state index is 12.0. The van der Waals surface area contributed by atoms with Gasteiger partial charge in [-0.25, -0.2) is 0 Å².